The highest BCUT2D eigenvalue weighted by molar-refractivity contribution is 6.30. The number of hydrogen-bond donors (Lipinski definition) is 1. The molecule has 1 aromatic heterocycles. The minimum Gasteiger partial charge on any atom is -0.471 e. The van der Waals surface area contributed by atoms with E-state index in [4.69, 9.17) is 21.1 Å². The lowest BCUT2D eigenvalue weighted by Gasteiger charge is -2.10. The molecule has 124 valence electrons. The first-order chi connectivity index (χ1) is 11.2. The standard InChI is InChI=1S/C16H20ClN3O3/c1-2-22-11-3-9-18-16(21)15-8-10-19-20(15)12-23-14-6-4-13(17)5-7-14/h4-8,10H,2-3,9,11-12H2,1H3,(H,18,21). The third-order valence-corrected chi connectivity index (χ3v) is 3.32. The SMILES string of the molecule is CCOCCCNC(=O)c1ccnn1COc1ccc(Cl)cc1. The summed E-state index contributed by atoms with van der Waals surface area (Å²) in [7, 11) is 0. The van der Waals surface area contributed by atoms with Gasteiger partial charge in [-0.1, -0.05) is 11.6 Å². The Hall–Kier alpha value is -2.05. The minimum atomic E-state index is -0.182. The molecule has 0 bridgehead atoms. The van der Waals surface area contributed by atoms with Gasteiger partial charge in [-0.2, -0.15) is 5.10 Å². The number of nitrogens with one attached hydrogen (secondary N) is 1. The lowest BCUT2D eigenvalue weighted by molar-refractivity contribution is 0.0923. The fourth-order valence-corrected chi connectivity index (χ4v) is 2.03. The Bertz CT molecular complexity index is 613. The first-order valence-electron chi connectivity index (χ1n) is 7.47. The smallest absolute Gasteiger partial charge is 0.269 e. The van der Waals surface area contributed by atoms with E-state index < -0.39 is 0 Å². The van der Waals surface area contributed by atoms with Crippen molar-refractivity contribution in [3.63, 3.8) is 0 Å². The number of aromatic nitrogens is 2. The molecular weight excluding hydrogens is 318 g/mol. The zero-order valence-corrected chi connectivity index (χ0v) is 13.8. The van der Waals surface area contributed by atoms with E-state index >= 15 is 0 Å². The van der Waals surface area contributed by atoms with Crippen LogP contribution in [0.2, 0.25) is 5.02 Å². The molecule has 0 radical (unpaired) electrons. The van der Waals surface area contributed by atoms with Crippen molar-refractivity contribution in [3.8, 4) is 5.75 Å². The Balaban J connectivity index is 1.83. The molecule has 1 amide bonds. The number of nitrogens with zero attached hydrogens (tertiary/aromatic N) is 2. The van der Waals surface area contributed by atoms with Gasteiger partial charge in [0.25, 0.3) is 5.91 Å². The van der Waals surface area contributed by atoms with Crippen LogP contribution in [0.15, 0.2) is 36.5 Å². The van der Waals surface area contributed by atoms with E-state index in [0.717, 1.165) is 6.42 Å². The first-order valence-corrected chi connectivity index (χ1v) is 7.84. The van der Waals surface area contributed by atoms with Gasteiger partial charge in [-0.25, -0.2) is 4.68 Å². The Labute approximate surface area is 140 Å². The predicted octanol–water partition coefficient (Wildman–Crippen LogP) is 2.73. The molecule has 2 aromatic rings. The molecule has 23 heavy (non-hydrogen) atoms. The van der Waals surface area contributed by atoms with Gasteiger partial charge in [0.15, 0.2) is 6.73 Å². The normalized spacial score (nSPS) is 10.5. The maximum absolute atomic E-state index is 12.1. The summed E-state index contributed by atoms with van der Waals surface area (Å²) in [6, 6.07) is 8.67. The maximum Gasteiger partial charge on any atom is 0.269 e. The number of ether oxygens (including phenoxy) is 2. The summed E-state index contributed by atoms with van der Waals surface area (Å²) >= 11 is 5.82. The monoisotopic (exact) mass is 337 g/mol. The van der Waals surface area contributed by atoms with E-state index in [1.165, 1.54) is 4.68 Å². The molecule has 0 saturated heterocycles. The molecular formula is C16H20ClN3O3. The van der Waals surface area contributed by atoms with E-state index in [-0.39, 0.29) is 12.6 Å². The van der Waals surface area contributed by atoms with Crippen LogP contribution < -0.4 is 10.1 Å². The first kappa shape index (κ1) is 17.3. The number of rotatable bonds is 9. The highest BCUT2D eigenvalue weighted by atomic mass is 35.5. The topological polar surface area (TPSA) is 65.4 Å². The zero-order valence-electron chi connectivity index (χ0n) is 13.0. The second-order valence-corrected chi connectivity index (χ2v) is 5.19. The highest BCUT2D eigenvalue weighted by Gasteiger charge is 2.11. The largest absolute Gasteiger partial charge is 0.471 e. The molecule has 0 aliphatic heterocycles. The quantitative estimate of drug-likeness (QED) is 0.714. The number of hydrogen-bond acceptors (Lipinski definition) is 4. The molecule has 2 rings (SSSR count). The molecule has 1 heterocycles. The van der Waals surface area contributed by atoms with Gasteiger partial charge >= 0.3 is 0 Å². The number of carbonyl (C=O) groups is 1. The molecule has 6 nitrogen and oxygen atoms in total. The Morgan fingerprint density at radius 1 is 1.30 bits per heavy atom. The van der Waals surface area contributed by atoms with Gasteiger partial charge in [-0.05, 0) is 43.7 Å². The van der Waals surface area contributed by atoms with E-state index in [0.29, 0.717) is 36.2 Å². The maximum atomic E-state index is 12.1. The van der Waals surface area contributed by atoms with Crippen LogP contribution in [-0.2, 0) is 11.5 Å². The molecule has 1 N–H and O–H groups in total. The Morgan fingerprint density at radius 3 is 2.83 bits per heavy atom. The summed E-state index contributed by atoms with van der Waals surface area (Å²) < 4.78 is 12.3. The Morgan fingerprint density at radius 2 is 2.09 bits per heavy atom. The summed E-state index contributed by atoms with van der Waals surface area (Å²) in [4.78, 5) is 12.1. The van der Waals surface area contributed by atoms with Crippen LogP contribution in [0.25, 0.3) is 0 Å². The summed E-state index contributed by atoms with van der Waals surface area (Å²) in [6.45, 7) is 3.97. The minimum absolute atomic E-state index is 0.149. The lowest BCUT2D eigenvalue weighted by Crippen LogP contribution is -2.28. The fourth-order valence-electron chi connectivity index (χ4n) is 1.91. The second kappa shape index (κ2) is 9.17. The van der Waals surface area contributed by atoms with Gasteiger partial charge in [0.1, 0.15) is 11.4 Å². The van der Waals surface area contributed by atoms with Crippen LogP contribution in [-0.4, -0.2) is 35.4 Å². The highest BCUT2D eigenvalue weighted by Crippen LogP contribution is 2.16. The van der Waals surface area contributed by atoms with Crippen LogP contribution >= 0.6 is 11.6 Å². The van der Waals surface area contributed by atoms with E-state index in [1.54, 1.807) is 36.5 Å². The molecule has 0 aliphatic carbocycles. The average Bonchev–Trinajstić information content (AvgIpc) is 3.02. The third-order valence-electron chi connectivity index (χ3n) is 3.07. The zero-order chi connectivity index (χ0) is 16.5. The van der Waals surface area contributed by atoms with Crippen molar-refractivity contribution in [2.75, 3.05) is 19.8 Å². The van der Waals surface area contributed by atoms with E-state index in [2.05, 4.69) is 10.4 Å². The molecule has 0 atom stereocenters. The summed E-state index contributed by atoms with van der Waals surface area (Å²) in [5.74, 6) is 0.478. The van der Waals surface area contributed by atoms with Crippen molar-refractivity contribution in [1.82, 2.24) is 15.1 Å². The van der Waals surface area contributed by atoms with Crippen molar-refractivity contribution in [3.05, 3.63) is 47.2 Å². The van der Waals surface area contributed by atoms with Crippen molar-refractivity contribution >= 4 is 17.5 Å². The van der Waals surface area contributed by atoms with Gasteiger partial charge in [0, 0.05) is 31.0 Å². The molecule has 1 aromatic carbocycles. The molecule has 0 saturated carbocycles. The van der Waals surface area contributed by atoms with E-state index in [1.807, 2.05) is 6.92 Å². The summed E-state index contributed by atoms with van der Waals surface area (Å²) in [5, 5.41) is 7.59. The van der Waals surface area contributed by atoms with Crippen LogP contribution in [0.1, 0.15) is 23.8 Å². The predicted molar refractivity (Wildman–Crippen MR) is 87.8 cm³/mol. The molecule has 0 fully saturated rings. The van der Waals surface area contributed by atoms with Crippen molar-refractivity contribution in [1.29, 1.82) is 0 Å². The van der Waals surface area contributed by atoms with Gasteiger partial charge < -0.3 is 14.8 Å². The van der Waals surface area contributed by atoms with Crippen LogP contribution in [0.5, 0.6) is 5.75 Å². The van der Waals surface area contributed by atoms with Crippen molar-refractivity contribution < 1.29 is 14.3 Å². The van der Waals surface area contributed by atoms with Gasteiger partial charge in [0.2, 0.25) is 0 Å². The lowest BCUT2D eigenvalue weighted by atomic mass is 10.3. The summed E-state index contributed by atoms with van der Waals surface area (Å²) in [5.41, 5.74) is 0.454. The van der Waals surface area contributed by atoms with Crippen LogP contribution in [0.4, 0.5) is 0 Å². The number of halogens is 1. The van der Waals surface area contributed by atoms with Crippen molar-refractivity contribution in [2.24, 2.45) is 0 Å². The molecule has 7 heteroatoms. The van der Waals surface area contributed by atoms with E-state index in [9.17, 15) is 4.79 Å². The average molecular weight is 338 g/mol. The van der Waals surface area contributed by atoms with Gasteiger partial charge in [-0.3, -0.25) is 4.79 Å². The fraction of sp³-hybridized carbons (Fsp3) is 0.375. The van der Waals surface area contributed by atoms with Gasteiger partial charge in [0.05, 0.1) is 0 Å². The van der Waals surface area contributed by atoms with Gasteiger partial charge in [-0.15, -0.1) is 0 Å². The number of amides is 1. The summed E-state index contributed by atoms with van der Waals surface area (Å²) in [6.07, 6.45) is 2.34. The van der Waals surface area contributed by atoms with Crippen LogP contribution in [0.3, 0.4) is 0 Å². The molecule has 0 unspecified atom stereocenters. The number of benzene rings is 1. The Kier molecular flexibility index (Phi) is 6.90. The third kappa shape index (κ3) is 5.58. The molecule has 0 aliphatic rings. The number of carbonyl (C=O) groups excluding carboxylic acids is 1. The molecule has 0 spiro atoms. The van der Waals surface area contributed by atoms with Crippen molar-refractivity contribution in [2.45, 2.75) is 20.1 Å². The van der Waals surface area contributed by atoms with Crippen LogP contribution in [0, 0.1) is 0 Å². The second-order valence-electron chi connectivity index (χ2n) is 4.75.